The van der Waals surface area contributed by atoms with Crippen molar-refractivity contribution >= 4 is 17.2 Å². The molecular formula is C12H20N2OS. The number of amides is 1. The molecule has 3 nitrogen and oxygen atoms in total. The van der Waals surface area contributed by atoms with Crippen LogP contribution in [-0.4, -0.2) is 18.5 Å². The molecule has 0 saturated heterocycles. The molecular weight excluding hydrogens is 220 g/mol. The first-order valence-corrected chi connectivity index (χ1v) is 6.64. The largest absolute Gasteiger partial charge is 0.355 e. The van der Waals surface area contributed by atoms with Gasteiger partial charge in [-0.3, -0.25) is 10.1 Å². The van der Waals surface area contributed by atoms with E-state index in [1.807, 2.05) is 19.9 Å². The van der Waals surface area contributed by atoms with E-state index >= 15 is 0 Å². The smallest absolute Gasteiger partial charge is 0.236 e. The van der Waals surface area contributed by atoms with Crippen LogP contribution in [0.2, 0.25) is 0 Å². The highest BCUT2D eigenvalue weighted by Gasteiger charge is 2.17. The molecule has 2 atom stereocenters. The molecule has 1 aromatic rings. The van der Waals surface area contributed by atoms with Crippen molar-refractivity contribution in [3.05, 3.63) is 22.4 Å². The summed E-state index contributed by atoms with van der Waals surface area (Å²) in [7, 11) is 0. The Kier molecular flexibility index (Phi) is 5.49. The maximum absolute atomic E-state index is 11.6. The first kappa shape index (κ1) is 13.2. The Morgan fingerprint density at radius 3 is 2.75 bits per heavy atom. The summed E-state index contributed by atoms with van der Waals surface area (Å²) < 4.78 is 0. The molecule has 0 aliphatic heterocycles. The van der Waals surface area contributed by atoms with E-state index in [-0.39, 0.29) is 18.0 Å². The van der Waals surface area contributed by atoms with Gasteiger partial charge in [-0.2, -0.15) is 0 Å². The minimum Gasteiger partial charge on any atom is -0.355 e. The highest BCUT2D eigenvalue weighted by molar-refractivity contribution is 7.10. The number of thiophene rings is 1. The first-order valence-electron chi connectivity index (χ1n) is 5.76. The van der Waals surface area contributed by atoms with Gasteiger partial charge in [0.2, 0.25) is 5.91 Å². The van der Waals surface area contributed by atoms with Gasteiger partial charge in [-0.15, -0.1) is 11.3 Å². The number of likely N-dealkylation sites (N-methyl/N-ethyl adjacent to an activating group) is 1. The second kappa shape index (κ2) is 6.66. The lowest BCUT2D eigenvalue weighted by Gasteiger charge is -2.20. The average Bonchev–Trinajstić information content (AvgIpc) is 2.79. The Balaban J connectivity index is 2.54. The van der Waals surface area contributed by atoms with E-state index < -0.39 is 0 Å². The molecule has 2 unspecified atom stereocenters. The predicted molar refractivity (Wildman–Crippen MR) is 68.6 cm³/mol. The van der Waals surface area contributed by atoms with Crippen LogP contribution in [0.25, 0.3) is 0 Å². The van der Waals surface area contributed by atoms with Crippen LogP contribution < -0.4 is 10.6 Å². The highest BCUT2D eigenvalue weighted by atomic mass is 32.1. The third-order valence-electron chi connectivity index (χ3n) is 2.49. The van der Waals surface area contributed by atoms with Crippen molar-refractivity contribution in [3.8, 4) is 0 Å². The molecule has 0 bridgehead atoms. The van der Waals surface area contributed by atoms with Crippen LogP contribution in [0.15, 0.2) is 17.5 Å². The minimum atomic E-state index is -0.146. The number of nitrogens with one attached hydrogen (secondary N) is 2. The van der Waals surface area contributed by atoms with Crippen molar-refractivity contribution in [3.63, 3.8) is 0 Å². The van der Waals surface area contributed by atoms with Gasteiger partial charge >= 0.3 is 0 Å². The molecule has 90 valence electrons. The Labute approximate surface area is 101 Å². The molecule has 1 rings (SSSR count). The number of carbonyl (C=O) groups is 1. The fourth-order valence-electron chi connectivity index (χ4n) is 1.60. The summed E-state index contributed by atoms with van der Waals surface area (Å²) in [4.78, 5) is 12.9. The topological polar surface area (TPSA) is 41.1 Å². The van der Waals surface area contributed by atoms with Gasteiger partial charge in [0.15, 0.2) is 0 Å². The van der Waals surface area contributed by atoms with Gasteiger partial charge in [0.25, 0.3) is 0 Å². The van der Waals surface area contributed by atoms with Gasteiger partial charge < -0.3 is 5.32 Å². The van der Waals surface area contributed by atoms with Gasteiger partial charge in [0.05, 0.1) is 6.04 Å². The van der Waals surface area contributed by atoms with Crippen molar-refractivity contribution in [1.29, 1.82) is 0 Å². The molecule has 2 N–H and O–H groups in total. The quantitative estimate of drug-likeness (QED) is 0.801. The Hall–Kier alpha value is -0.870. The maximum atomic E-state index is 11.6. The Morgan fingerprint density at radius 1 is 1.50 bits per heavy atom. The van der Waals surface area contributed by atoms with E-state index in [2.05, 4.69) is 29.0 Å². The van der Waals surface area contributed by atoms with Crippen molar-refractivity contribution in [1.82, 2.24) is 10.6 Å². The molecule has 0 aliphatic rings. The van der Waals surface area contributed by atoms with Gasteiger partial charge in [0.1, 0.15) is 0 Å². The second-order valence-corrected chi connectivity index (χ2v) is 4.74. The number of hydrogen-bond donors (Lipinski definition) is 2. The standard InChI is InChI=1S/C12H20N2OS/c1-4-10(11-7-6-8-16-11)14-9(3)12(15)13-5-2/h6-10,14H,4-5H2,1-3H3,(H,13,15). The van der Waals surface area contributed by atoms with Crippen LogP contribution in [0.5, 0.6) is 0 Å². The third kappa shape index (κ3) is 3.61. The van der Waals surface area contributed by atoms with E-state index in [1.54, 1.807) is 11.3 Å². The lowest BCUT2D eigenvalue weighted by Crippen LogP contribution is -2.43. The molecule has 1 aromatic heterocycles. The zero-order chi connectivity index (χ0) is 12.0. The molecule has 1 amide bonds. The third-order valence-corrected chi connectivity index (χ3v) is 3.48. The predicted octanol–water partition coefficient (Wildman–Crippen LogP) is 2.31. The van der Waals surface area contributed by atoms with Crippen LogP contribution in [0, 0.1) is 0 Å². The molecule has 0 radical (unpaired) electrons. The molecule has 0 aromatic carbocycles. The lowest BCUT2D eigenvalue weighted by molar-refractivity contribution is -0.122. The minimum absolute atomic E-state index is 0.0671. The molecule has 0 saturated carbocycles. The van der Waals surface area contributed by atoms with Gasteiger partial charge in [0, 0.05) is 17.5 Å². The fourth-order valence-corrected chi connectivity index (χ4v) is 2.47. The summed E-state index contributed by atoms with van der Waals surface area (Å²) in [6.45, 7) is 6.64. The first-order chi connectivity index (χ1) is 7.69. The summed E-state index contributed by atoms with van der Waals surface area (Å²) in [6.07, 6.45) is 0.990. The van der Waals surface area contributed by atoms with E-state index in [4.69, 9.17) is 0 Å². The lowest BCUT2D eigenvalue weighted by atomic mass is 10.1. The van der Waals surface area contributed by atoms with E-state index in [0.29, 0.717) is 6.54 Å². The summed E-state index contributed by atoms with van der Waals surface area (Å²) in [5.74, 6) is 0.0671. The van der Waals surface area contributed by atoms with Crippen LogP contribution in [0.1, 0.15) is 38.1 Å². The average molecular weight is 240 g/mol. The molecule has 0 fully saturated rings. The zero-order valence-corrected chi connectivity index (χ0v) is 10.9. The number of carbonyl (C=O) groups excluding carboxylic acids is 1. The Morgan fingerprint density at radius 2 is 2.25 bits per heavy atom. The van der Waals surface area contributed by atoms with Crippen molar-refractivity contribution in [2.45, 2.75) is 39.3 Å². The van der Waals surface area contributed by atoms with Crippen molar-refractivity contribution in [2.24, 2.45) is 0 Å². The highest BCUT2D eigenvalue weighted by Crippen LogP contribution is 2.21. The van der Waals surface area contributed by atoms with E-state index in [9.17, 15) is 4.79 Å². The SMILES string of the molecule is CCNC(=O)C(C)NC(CC)c1cccs1. The molecule has 0 aliphatic carbocycles. The maximum Gasteiger partial charge on any atom is 0.236 e. The normalized spacial score (nSPS) is 14.4. The Bertz CT molecular complexity index is 311. The van der Waals surface area contributed by atoms with E-state index in [0.717, 1.165) is 6.42 Å². The molecule has 1 heterocycles. The van der Waals surface area contributed by atoms with Crippen LogP contribution in [-0.2, 0) is 4.79 Å². The van der Waals surface area contributed by atoms with Crippen LogP contribution >= 0.6 is 11.3 Å². The number of rotatable bonds is 6. The summed E-state index contributed by atoms with van der Waals surface area (Å²) in [6, 6.07) is 4.28. The van der Waals surface area contributed by atoms with Gasteiger partial charge in [-0.1, -0.05) is 13.0 Å². The second-order valence-electron chi connectivity index (χ2n) is 3.76. The van der Waals surface area contributed by atoms with E-state index in [1.165, 1.54) is 4.88 Å². The molecule has 4 heteroatoms. The van der Waals surface area contributed by atoms with Gasteiger partial charge in [-0.05, 0) is 31.7 Å². The van der Waals surface area contributed by atoms with Crippen LogP contribution in [0.4, 0.5) is 0 Å². The summed E-state index contributed by atoms with van der Waals surface area (Å²) in [5.41, 5.74) is 0. The monoisotopic (exact) mass is 240 g/mol. The molecule has 16 heavy (non-hydrogen) atoms. The van der Waals surface area contributed by atoms with Crippen LogP contribution in [0.3, 0.4) is 0 Å². The van der Waals surface area contributed by atoms with Gasteiger partial charge in [-0.25, -0.2) is 0 Å². The fraction of sp³-hybridized carbons (Fsp3) is 0.583. The summed E-state index contributed by atoms with van der Waals surface area (Å²) in [5, 5.41) is 8.24. The summed E-state index contributed by atoms with van der Waals surface area (Å²) >= 11 is 1.73. The van der Waals surface area contributed by atoms with Crippen molar-refractivity contribution in [2.75, 3.05) is 6.54 Å². The number of hydrogen-bond acceptors (Lipinski definition) is 3. The molecule has 0 spiro atoms. The van der Waals surface area contributed by atoms with Crippen molar-refractivity contribution < 1.29 is 4.79 Å². The zero-order valence-electron chi connectivity index (χ0n) is 10.1.